The molecule has 21 heavy (non-hydrogen) atoms. The standard InChI is InChI=1S/C16H25NO4/c1-6-8-9-17(7-2)16(18)12-10-14(20-4)15(21-5)11-13(12)19-3/h10-11H,6-9H2,1-5H3. The van der Waals surface area contributed by atoms with Crippen molar-refractivity contribution in [2.24, 2.45) is 0 Å². The summed E-state index contributed by atoms with van der Waals surface area (Å²) in [5.74, 6) is 1.51. The third-order valence-electron chi connectivity index (χ3n) is 3.39. The van der Waals surface area contributed by atoms with Crippen LogP contribution in [-0.4, -0.2) is 45.2 Å². The van der Waals surface area contributed by atoms with E-state index in [0.29, 0.717) is 29.4 Å². The summed E-state index contributed by atoms with van der Waals surface area (Å²) in [6.07, 6.45) is 2.03. The van der Waals surface area contributed by atoms with Crippen molar-refractivity contribution >= 4 is 5.91 Å². The molecule has 0 saturated carbocycles. The quantitative estimate of drug-likeness (QED) is 0.740. The van der Waals surface area contributed by atoms with Crippen molar-refractivity contribution in [1.29, 1.82) is 0 Å². The number of benzene rings is 1. The van der Waals surface area contributed by atoms with Gasteiger partial charge in [-0.1, -0.05) is 13.3 Å². The van der Waals surface area contributed by atoms with Crippen LogP contribution in [0.1, 0.15) is 37.0 Å². The molecule has 5 nitrogen and oxygen atoms in total. The normalized spacial score (nSPS) is 10.1. The summed E-state index contributed by atoms with van der Waals surface area (Å²) in [5, 5.41) is 0. The Morgan fingerprint density at radius 2 is 1.57 bits per heavy atom. The second kappa shape index (κ2) is 8.39. The summed E-state index contributed by atoms with van der Waals surface area (Å²) >= 11 is 0. The fourth-order valence-corrected chi connectivity index (χ4v) is 2.12. The number of hydrogen-bond donors (Lipinski definition) is 0. The van der Waals surface area contributed by atoms with Gasteiger partial charge >= 0.3 is 0 Å². The maximum Gasteiger partial charge on any atom is 0.257 e. The molecule has 0 radical (unpaired) electrons. The first-order chi connectivity index (χ1) is 10.1. The minimum Gasteiger partial charge on any atom is -0.496 e. The number of methoxy groups -OCH3 is 3. The lowest BCUT2D eigenvalue weighted by Gasteiger charge is -2.22. The van der Waals surface area contributed by atoms with Crippen LogP contribution in [0.15, 0.2) is 12.1 Å². The molecule has 1 aromatic rings. The van der Waals surface area contributed by atoms with Crippen molar-refractivity contribution in [2.75, 3.05) is 34.4 Å². The highest BCUT2D eigenvalue weighted by Crippen LogP contribution is 2.35. The van der Waals surface area contributed by atoms with Gasteiger partial charge in [-0.2, -0.15) is 0 Å². The highest BCUT2D eigenvalue weighted by molar-refractivity contribution is 5.97. The average Bonchev–Trinajstić information content (AvgIpc) is 2.53. The van der Waals surface area contributed by atoms with E-state index in [1.165, 1.54) is 0 Å². The minimum absolute atomic E-state index is 0.0521. The molecule has 1 rings (SSSR count). The van der Waals surface area contributed by atoms with Crippen molar-refractivity contribution in [3.05, 3.63) is 17.7 Å². The lowest BCUT2D eigenvalue weighted by Crippen LogP contribution is -2.32. The van der Waals surface area contributed by atoms with Crippen LogP contribution in [0.3, 0.4) is 0 Å². The molecule has 0 spiro atoms. The first-order valence-corrected chi connectivity index (χ1v) is 7.22. The van der Waals surface area contributed by atoms with Crippen LogP contribution in [-0.2, 0) is 0 Å². The van der Waals surface area contributed by atoms with Crippen molar-refractivity contribution < 1.29 is 19.0 Å². The summed E-state index contributed by atoms with van der Waals surface area (Å²) in [5.41, 5.74) is 0.494. The van der Waals surface area contributed by atoms with Crippen LogP contribution in [0.2, 0.25) is 0 Å². The second-order valence-corrected chi connectivity index (χ2v) is 4.65. The van der Waals surface area contributed by atoms with Gasteiger partial charge in [-0.25, -0.2) is 0 Å². The van der Waals surface area contributed by atoms with Crippen molar-refractivity contribution in [1.82, 2.24) is 4.90 Å². The smallest absolute Gasteiger partial charge is 0.257 e. The van der Waals surface area contributed by atoms with Gasteiger partial charge in [0.15, 0.2) is 11.5 Å². The summed E-state index contributed by atoms with van der Waals surface area (Å²) in [7, 11) is 4.64. The van der Waals surface area contributed by atoms with Gasteiger partial charge in [-0.05, 0) is 13.3 Å². The van der Waals surface area contributed by atoms with E-state index in [4.69, 9.17) is 14.2 Å². The van der Waals surface area contributed by atoms with E-state index >= 15 is 0 Å². The first kappa shape index (κ1) is 17.1. The Morgan fingerprint density at radius 1 is 1.00 bits per heavy atom. The molecule has 1 aromatic carbocycles. The monoisotopic (exact) mass is 295 g/mol. The number of carbonyl (C=O) groups is 1. The molecule has 0 aliphatic heterocycles. The number of rotatable bonds is 8. The van der Waals surface area contributed by atoms with E-state index in [9.17, 15) is 4.79 Å². The van der Waals surface area contributed by atoms with Gasteiger partial charge in [0.2, 0.25) is 0 Å². The molecule has 0 unspecified atom stereocenters. The van der Waals surface area contributed by atoms with E-state index in [1.54, 1.807) is 33.5 Å². The Hall–Kier alpha value is -1.91. The van der Waals surface area contributed by atoms with E-state index in [0.717, 1.165) is 19.4 Å². The summed E-state index contributed by atoms with van der Waals surface area (Å²) in [6.45, 7) is 5.48. The largest absolute Gasteiger partial charge is 0.496 e. The number of ether oxygens (including phenoxy) is 3. The molecule has 0 saturated heterocycles. The molecule has 0 fully saturated rings. The zero-order valence-corrected chi connectivity index (χ0v) is 13.6. The lowest BCUT2D eigenvalue weighted by molar-refractivity contribution is 0.0758. The molecule has 0 aliphatic carbocycles. The molecule has 0 aromatic heterocycles. The zero-order valence-electron chi connectivity index (χ0n) is 13.6. The van der Waals surface area contributed by atoms with E-state index in [1.807, 2.05) is 11.8 Å². The van der Waals surface area contributed by atoms with Crippen LogP contribution < -0.4 is 14.2 Å². The van der Waals surface area contributed by atoms with Crippen LogP contribution >= 0.6 is 0 Å². The predicted octanol–water partition coefficient (Wildman–Crippen LogP) is 2.97. The van der Waals surface area contributed by atoms with Crippen molar-refractivity contribution in [2.45, 2.75) is 26.7 Å². The van der Waals surface area contributed by atoms with Gasteiger partial charge in [0.1, 0.15) is 5.75 Å². The van der Waals surface area contributed by atoms with Crippen molar-refractivity contribution in [3.8, 4) is 17.2 Å². The number of nitrogens with zero attached hydrogens (tertiary/aromatic N) is 1. The van der Waals surface area contributed by atoms with E-state index < -0.39 is 0 Å². The SMILES string of the molecule is CCCCN(CC)C(=O)c1cc(OC)c(OC)cc1OC. The maximum atomic E-state index is 12.7. The summed E-state index contributed by atoms with van der Waals surface area (Å²) in [6, 6.07) is 3.36. The maximum absolute atomic E-state index is 12.7. The van der Waals surface area contributed by atoms with Crippen molar-refractivity contribution in [3.63, 3.8) is 0 Å². The third kappa shape index (κ3) is 4.03. The minimum atomic E-state index is -0.0521. The van der Waals surface area contributed by atoms with Gasteiger partial charge in [0, 0.05) is 25.2 Å². The Kier molecular flexibility index (Phi) is 6.85. The molecular formula is C16H25NO4. The van der Waals surface area contributed by atoms with E-state index in [-0.39, 0.29) is 5.91 Å². The summed E-state index contributed by atoms with van der Waals surface area (Å²) < 4.78 is 15.8. The van der Waals surface area contributed by atoms with E-state index in [2.05, 4.69) is 6.92 Å². The molecule has 0 heterocycles. The van der Waals surface area contributed by atoms with Crippen LogP contribution in [0.5, 0.6) is 17.2 Å². The Bertz CT molecular complexity index is 474. The highest BCUT2D eigenvalue weighted by Gasteiger charge is 2.21. The van der Waals surface area contributed by atoms with Gasteiger partial charge in [0.05, 0.1) is 26.9 Å². The number of unbranched alkanes of at least 4 members (excludes halogenated alkanes) is 1. The van der Waals surface area contributed by atoms with Gasteiger partial charge in [-0.15, -0.1) is 0 Å². The molecular weight excluding hydrogens is 270 g/mol. The third-order valence-corrected chi connectivity index (χ3v) is 3.39. The zero-order chi connectivity index (χ0) is 15.8. The van der Waals surface area contributed by atoms with Gasteiger partial charge in [-0.3, -0.25) is 4.79 Å². The Labute approximate surface area is 126 Å². The van der Waals surface area contributed by atoms with Crippen LogP contribution in [0.4, 0.5) is 0 Å². The number of amides is 1. The molecule has 118 valence electrons. The molecule has 0 aliphatic rings. The average molecular weight is 295 g/mol. The fraction of sp³-hybridized carbons (Fsp3) is 0.562. The van der Waals surface area contributed by atoms with Gasteiger partial charge < -0.3 is 19.1 Å². The second-order valence-electron chi connectivity index (χ2n) is 4.65. The van der Waals surface area contributed by atoms with Crippen LogP contribution in [0, 0.1) is 0 Å². The Morgan fingerprint density at radius 3 is 2.05 bits per heavy atom. The topological polar surface area (TPSA) is 48.0 Å². The number of hydrogen-bond acceptors (Lipinski definition) is 4. The fourth-order valence-electron chi connectivity index (χ4n) is 2.12. The Balaban J connectivity index is 3.17. The molecule has 0 bridgehead atoms. The summed E-state index contributed by atoms with van der Waals surface area (Å²) in [4.78, 5) is 14.5. The lowest BCUT2D eigenvalue weighted by atomic mass is 10.1. The number of carbonyl (C=O) groups excluding carboxylic acids is 1. The van der Waals surface area contributed by atoms with Crippen LogP contribution in [0.25, 0.3) is 0 Å². The molecule has 1 amide bonds. The van der Waals surface area contributed by atoms with Gasteiger partial charge in [0.25, 0.3) is 5.91 Å². The predicted molar refractivity (Wildman–Crippen MR) is 82.6 cm³/mol. The molecule has 5 heteroatoms. The molecule has 0 atom stereocenters. The molecule has 0 N–H and O–H groups in total. The highest BCUT2D eigenvalue weighted by atomic mass is 16.5. The first-order valence-electron chi connectivity index (χ1n) is 7.22.